The van der Waals surface area contributed by atoms with Crippen molar-refractivity contribution in [3.63, 3.8) is 0 Å². The summed E-state index contributed by atoms with van der Waals surface area (Å²) >= 11 is 5.77. The summed E-state index contributed by atoms with van der Waals surface area (Å²) in [6, 6.07) is 5.79. The van der Waals surface area contributed by atoms with Crippen molar-refractivity contribution >= 4 is 23.6 Å². The number of anilines is 1. The number of carbonyl (C=O) groups excluding carboxylic acids is 1. The van der Waals surface area contributed by atoms with Gasteiger partial charge in [-0.1, -0.05) is 23.7 Å². The van der Waals surface area contributed by atoms with Crippen LogP contribution in [-0.2, 0) is 17.5 Å². The first-order valence-electron chi connectivity index (χ1n) is 8.71. The SMILES string of the molecule is Cc1c(Cl)c(C(F)(F)F)nn1CC(C=O)N1CCN(c2ccccc2F)CC1. The molecule has 0 bridgehead atoms. The Morgan fingerprint density at radius 1 is 1.21 bits per heavy atom. The van der Waals surface area contributed by atoms with E-state index in [1.807, 2.05) is 9.80 Å². The molecule has 1 aromatic carbocycles. The minimum absolute atomic E-state index is 0.0369. The summed E-state index contributed by atoms with van der Waals surface area (Å²) in [5.41, 5.74) is -0.499. The van der Waals surface area contributed by atoms with E-state index in [1.54, 1.807) is 18.2 Å². The summed E-state index contributed by atoms with van der Waals surface area (Å²) in [5.74, 6) is -0.315. The average molecular weight is 419 g/mol. The molecule has 2 heterocycles. The monoisotopic (exact) mass is 418 g/mol. The molecule has 5 nitrogen and oxygen atoms in total. The lowest BCUT2D eigenvalue weighted by Crippen LogP contribution is -2.52. The molecule has 1 atom stereocenters. The van der Waals surface area contributed by atoms with E-state index >= 15 is 0 Å². The Bertz CT molecular complexity index is 847. The summed E-state index contributed by atoms with van der Waals surface area (Å²) in [6.45, 7) is 3.33. The maximum Gasteiger partial charge on any atom is 0.436 e. The molecule has 10 heteroatoms. The number of benzene rings is 1. The Balaban J connectivity index is 1.69. The number of para-hydroxylation sites is 1. The number of rotatable bonds is 5. The van der Waals surface area contributed by atoms with Gasteiger partial charge in [-0.2, -0.15) is 18.3 Å². The third kappa shape index (κ3) is 4.15. The number of carbonyl (C=O) groups is 1. The van der Waals surface area contributed by atoms with Gasteiger partial charge in [-0.05, 0) is 19.1 Å². The van der Waals surface area contributed by atoms with E-state index in [0.717, 1.165) is 4.68 Å². The second-order valence-corrected chi connectivity index (χ2v) is 6.98. The molecule has 2 aromatic rings. The van der Waals surface area contributed by atoms with Gasteiger partial charge in [0.2, 0.25) is 0 Å². The van der Waals surface area contributed by atoms with Crippen LogP contribution in [0, 0.1) is 12.7 Å². The summed E-state index contributed by atoms with van der Waals surface area (Å²) in [4.78, 5) is 15.3. The fourth-order valence-electron chi connectivity index (χ4n) is 3.31. The van der Waals surface area contributed by atoms with Gasteiger partial charge in [0.05, 0.1) is 29.0 Å². The van der Waals surface area contributed by atoms with Crippen molar-refractivity contribution in [1.82, 2.24) is 14.7 Å². The second kappa shape index (κ2) is 8.08. The fourth-order valence-corrected chi connectivity index (χ4v) is 3.55. The standard InChI is InChI=1S/C18H19ClF4N4O/c1-12-16(19)17(18(21,22)23)24-27(12)10-13(11-28)25-6-8-26(9-7-25)15-5-3-2-4-14(15)20/h2-5,11,13H,6-10H2,1H3. The van der Waals surface area contributed by atoms with Crippen molar-refractivity contribution in [2.24, 2.45) is 0 Å². The lowest BCUT2D eigenvalue weighted by Gasteiger charge is -2.38. The predicted molar refractivity (Wildman–Crippen MR) is 97.0 cm³/mol. The van der Waals surface area contributed by atoms with E-state index < -0.39 is 22.9 Å². The summed E-state index contributed by atoms with van der Waals surface area (Å²) in [6.07, 6.45) is -3.96. The van der Waals surface area contributed by atoms with Crippen LogP contribution in [0.5, 0.6) is 0 Å². The number of piperazine rings is 1. The van der Waals surface area contributed by atoms with Crippen molar-refractivity contribution in [3.8, 4) is 0 Å². The van der Waals surface area contributed by atoms with Gasteiger partial charge < -0.3 is 9.69 Å². The van der Waals surface area contributed by atoms with Crippen LogP contribution in [0.15, 0.2) is 24.3 Å². The van der Waals surface area contributed by atoms with Crippen molar-refractivity contribution in [2.75, 3.05) is 31.1 Å². The molecule has 1 fully saturated rings. The lowest BCUT2D eigenvalue weighted by molar-refractivity contribution is -0.141. The van der Waals surface area contributed by atoms with E-state index in [4.69, 9.17) is 11.6 Å². The Kier molecular flexibility index (Phi) is 5.95. The highest BCUT2D eigenvalue weighted by molar-refractivity contribution is 6.31. The smallest absolute Gasteiger partial charge is 0.367 e. The zero-order chi connectivity index (χ0) is 20.5. The lowest BCUT2D eigenvalue weighted by atomic mass is 10.2. The van der Waals surface area contributed by atoms with E-state index in [2.05, 4.69) is 5.10 Å². The largest absolute Gasteiger partial charge is 0.436 e. The first-order valence-corrected chi connectivity index (χ1v) is 9.09. The molecule has 0 radical (unpaired) electrons. The average Bonchev–Trinajstić information content (AvgIpc) is 2.95. The molecule has 1 aliphatic rings. The van der Waals surface area contributed by atoms with Crippen molar-refractivity contribution in [2.45, 2.75) is 25.7 Å². The Labute approximate surface area is 164 Å². The topological polar surface area (TPSA) is 41.4 Å². The first kappa shape index (κ1) is 20.6. The van der Waals surface area contributed by atoms with E-state index in [1.165, 1.54) is 13.0 Å². The molecule has 0 aliphatic carbocycles. The van der Waals surface area contributed by atoms with Gasteiger partial charge in [-0.25, -0.2) is 4.39 Å². The van der Waals surface area contributed by atoms with E-state index in [0.29, 0.717) is 38.2 Å². The van der Waals surface area contributed by atoms with E-state index in [9.17, 15) is 22.4 Å². The Morgan fingerprint density at radius 3 is 2.39 bits per heavy atom. The summed E-state index contributed by atoms with van der Waals surface area (Å²) in [5, 5.41) is 3.09. The number of aldehydes is 1. The molecule has 1 aliphatic heterocycles. The molecule has 152 valence electrons. The van der Waals surface area contributed by atoms with Gasteiger partial charge in [0, 0.05) is 26.2 Å². The fraction of sp³-hybridized carbons (Fsp3) is 0.444. The summed E-state index contributed by atoms with van der Waals surface area (Å²) < 4.78 is 54.0. The van der Waals surface area contributed by atoms with Crippen LogP contribution in [0.25, 0.3) is 0 Å². The third-order valence-corrected chi connectivity index (χ3v) is 5.35. The maximum atomic E-state index is 13.9. The molecular formula is C18H19ClF4N4O. The molecule has 1 aromatic heterocycles. The second-order valence-electron chi connectivity index (χ2n) is 6.61. The highest BCUT2D eigenvalue weighted by Crippen LogP contribution is 2.35. The van der Waals surface area contributed by atoms with Gasteiger partial charge in [-0.15, -0.1) is 0 Å². The molecule has 3 rings (SSSR count). The van der Waals surface area contributed by atoms with Crippen LogP contribution in [0.2, 0.25) is 5.02 Å². The molecule has 0 spiro atoms. The highest BCUT2D eigenvalue weighted by atomic mass is 35.5. The first-order chi connectivity index (χ1) is 13.2. The minimum atomic E-state index is -4.66. The van der Waals surface area contributed by atoms with Crippen LogP contribution in [0.3, 0.4) is 0 Å². The number of nitrogens with zero attached hydrogens (tertiary/aromatic N) is 4. The molecule has 0 amide bonds. The third-order valence-electron chi connectivity index (χ3n) is 4.90. The molecule has 28 heavy (non-hydrogen) atoms. The zero-order valence-electron chi connectivity index (χ0n) is 15.1. The van der Waals surface area contributed by atoms with Crippen molar-refractivity contribution < 1.29 is 22.4 Å². The normalized spacial score (nSPS) is 17.0. The minimum Gasteiger partial charge on any atom is -0.367 e. The molecule has 0 saturated carbocycles. The predicted octanol–water partition coefficient (Wildman–Crippen LogP) is 3.39. The summed E-state index contributed by atoms with van der Waals surface area (Å²) in [7, 11) is 0. The number of hydrogen-bond donors (Lipinski definition) is 0. The Morgan fingerprint density at radius 2 is 1.86 bits per heavy atom. The van der Waals surface area contributed by atoms with Gasteiger partial charge in [0.1, 0.15) is 12.1 Å². The quantitative estimate of drug-likeness (QED) is 0.551. The molecule has 1 saturated heterocycles. The number of alkyl halides is 3. The van der Waals surface area contributed by atoms with Crippen molar-refractivity contribution in [3.05, 3.63) is 46.5 Å². The molecule has 1 unspecified atom stereocenters. The maximum absolute atomic E-state index is 13.9. The van der Waals surface area contributed by atoms with Crippen LogP contribution in [0.4, 0.5) is 23.2 Å². The highest BCUT2D eigenvalue weighted by Gasteiger charge is 2.38. The van der Waals surface area contributed by atoms with Crippen LogP contribution < -0.4 is 4.90 Å². The molecular weight excluding hydrogens is 400 g/mol. The van der Waals surface area contributed by atoms with Crippen LogP contribution in [-0.4, -0.2) is 53.2 Å². The van der Waals surface area contributed by atoms with Gasteiger partial charge in [0.25, 0.3) is 0 Å². The zero-order valence-corrected chi connectivity index (χ0v) is 15.8. The molecule has 0 N–H and O–H groups in total. The van der Waals surface area contributed by atoms with Crippen LogP contribution in [0.1, 0.15) is 11.4 Å². The van der Waals surface area contributed by atoms with Gasteiger partial charge >= 0.3 is 6.18 Å². The number of halogens is 5. The van der Waals surface area contributed by atoms with Gasteiger partial charge in [0.15, 0.2) is 5.69 Å². The van der Waals surface area contributed by atoms with E-state index in [-0.39, 0.29) is 18.1 Å². The van der Waals surface area contributed by atoms with Crippen molar-refractivity contribution in [1.29, 1.82) is 0 Å². The Hall–Kier alpha value is -2.13. The number of aromatic nitrogens is 2. The number of hydrogen-bond acceptors (Lipinski definition) is 4. The van der Waals surface area contributed by atoms with Crippen LogP contribution >= 0.6 is 11.6 Å². The van der Waals surface area contributed by atoms with Gasteiger partial charge in [-0.3, -0.25) is 9.58 Å².